The second-order valence-electron chi connectivity index (χ2n) is 8.73. The molecule has 0 saturated carbocycles. The van der Waals surface area contributed by atoms with Crippen LogP contribution in [0.2, 0.25) is 0 Å². The molecule has 202 valence electrons. The van der Waals surface area contributed by atoms with Crippen molar-refractivity contribution in [3.63, 3.8) is 0 Å². The van der Waals surface area contributed by atoms with Crippen LogP contribution in [0.5, 0.6) is 5.75 Å². The Balaban J connectivity index is 1.52. The molecule has 1 amide bonds. The predicted molar refractivity (Wildman–Crippen MR) is 166 cm³/mol. The molecule has 1 heterocycles. The molecule has 0 radical (unpaired) electrons. The van der Waals surface area contributed by atoms with E-state index in [2.05, 4.69) is 31.9 Å². The Labute approximate surface area is 254 Å². The number of nitrogens with zero attached hydrogens (tertiary/aromatic N) is 2. The second kappa shape index (κ2) is 12.6. The molecule has 0 unspecified atom stereocenters. The Bertz CT molecular complexity index is 1700. The molecule has 40 heavy (non-hydrogen) atoms. The molecule has 1 saturated heterocycles. The number of halogens is 2. The molecule has 4 aromatic rings. The molecular weight excluding hydrogens is 676 g/mol. The molecule has 1 fully saturated rings. The van der Waals surface area contributed by atoms with Gasteiger partial charge in [0.2, 0.25) is 0 Å². The van der Waals surface area contributed by atoms with Gasteiger partial charge in [-0.2, -0.15) is 8.42 Å². The highest BCUT2D eigenvalue weighted by Crippen LogP contribution is 2.40. The lowest BCUT2D eigenvalue weighted by atomic mass is 10.1. The molecule has 1 aliphatic heterocycles. The van der Waals surface area contributed by atoms with Gasteiger partial charge in [-0.1, -0.05) is 94.8 Å². The van der Waals surface area contributed by atoms with Crippen molar-refractivity contribution in [1.82, 2.24) is 4.90 Å². The highest BCUT2D eigenvalue weighted by Gasteiger charge is 2.34. The second-order valence-corrected chi connectivity index (χ2v) is 13.1. The summed E-state index contributed by atoms with van der Waals surface area (Å²) < 4.78 is 32.8. The Morgan fingerprint density at radius 2 is 1.45 bits per heavy atom. The molecule has 0 aromatic heterocycles. The topological polar surface area (TPSA) is 76.0 Å². The first-order valence-electron chi connectivity index (χ1n) is 12.1. The van der Waals surface area contributed by atoms with E-state index >= 15 is 0 Å². The van der Waals surface area contributed by atoms with Gasteiger partial charge < -0.3 is 4.18 Å². The number of amidine groups is 1. The van der Waals surface area contributed by atoms with Crippen molar-refractivity contribution in [2.24, 2.45) is 4.99 Å². The third-order valence-corrected chi connectivity index (χ3v) is 9.19. The minimum Gasteiger partial charge on any atom is -0.377 e. The first kappa shape index (κ1) is 28.4. The largest absolute Gasteiger partial charge is 0.377 e. The number of rotatable bonds is 8. The Morgan fingerprint density at radius 3 is 2.10 bits per heavy atom. The Hall–Kier alpha value is -3.18. The van der Waals surface area contributed by atoms with Crippen LogP contribution in [0.3, 0.4) is 0 Å². The normalized spacial score (nSPS) is 15.7. The van der Waals surface area contributed by atoms with Gasteiger partial charge in [-0.05, 0) is 69.2 Å². The average Bonchev–Trinajstić information content (AvgIpc) is 3.24. The zero-order valence-corrected chi connectivity index (χ0v) is 25.7. The predicted octanol–water partition coefficient (Wildman–Crippen LogP) is 7.65. The molecule has 0 aliphatic carbocycles. The van der Waals surface area contributed by atoms with Gasteiger partial charge in [0.15, 0.2) is 10.9 Å². The van der Waals surface area contributed by atoms with Gasteiger partial charge in [0.1, 0.15) is 4.90 Å². The Kier molecular flexibility index (Phi) is 8.90. The number of carbonyl (C=O) groups excluding carboxylic acids is 1. The third kappa shape index (κ3) is 6.75. The zero-order chi connectivity index (χ0) is 28.1. The molecule has 0 N–H and O–H groups in total. The van der Waals surface area contributed by atoms with Gasteiger partial charge in [-0.15, -0.1) is 0 Å². The fraction of sp³-hybridized carbons (Fsp3) is 0.0667. The van der Waals surface area contributed by atoms with Crippen molar-refractivity contribution >= 4 is 70.9 Å². The van der Waals surface area contributed by atoms with E-state index in [1.165, 1.54) is 23.9 Å². The first-order chi connectivity index (χ1) is 19.3. The summed E-state index contributed by atoms with van der Waals surface area (Å²) in [5, 5.41) is 0.567. The monoisotopic (exact) mass is 696 g/mol. The van der Waals surface area contributed by atoms with E-state index in [0.717, 1.165) is 11.1 Å². The van der Waals surface area contributed by atoms with Crippen molar-refractivity contribution in [3.05, 3.63) is 134 Å². The van der Waals surface area contributed by atoms with Crippen LogP contribution in [-0.2, 0) is 28.0 Å². The number of amides is 1. The lowest BCUT2D eigenvalue weighted by molar-refractivity contribution is -0.122. The Morgan fingerprint density at radius 1 is 0.850 bits per heavy atom. The van der Waals surface area contributed by atoms with Gasteiger partial charge in [0, 0.05) is 10.0 Å². The van der Waals surface area contributed by atoms with Crippen LogP contribution in [0.15, 0.2) is 127 Å². The molecular formula is C30H22Br2N2O4S2. The van der Waals surface area contributed by atoms with Crippen LogP contribution in [0.4, 0.5) is 0 Å². The molecule has 10 heteroatoms. The fourth-order valence-electron chi connectivity index (χ4n) is 3.94. The first-order valence-corrected chi connectivity index (χ1v) is 15.9. The van der Waals surface area contributed by atoms with E-state index in [1.54, 1.807) is 41.3 Å². The zero-order valence-electron chi connectivity index (χ0n) is 20.9. The highest BCUT2D eigenvalue weighted by molar-refractivity contribution is 9.11. The number of benzene rings is 4. The summed E-state index contributed by atoms with van der Waals surface area (Å²) in [6.07, 6.45) is 1.64. The van der Waals surface area contributed by atoms with E-state index in [4.69, 9.17) is 9.18 Å². The highest BCUT2D eigenvalue weighted by atomic mass is 79.9. The standard InChI is InChI=1S/C30H22Br2N2O4S2/c31-24-16-23(28(26(32)18-24)38-40(36,37)25-14-8-3-9-15-25)17-27-29(35)34(20-22-12-6-2-7-13-22)30(39-27)33-19-21-10-4-1-5-11-21/h1-18H,19-20H2/b27-17+,33-30?. The number of thioether (sulfide) groups is 1. The molecule has 4 aromatic carbocycles. The minimum atomic E-state index is -4.12. The van der Waals surface area contributed by atoms with E-state index in [0.29, 0.717) is 37.7 Å². The van der Waals surface area contributed by atoms with Gasteiger partial charge >= 0.3 is 10.1 Å². The SMILES string of the molecule is O=C1/C(=C\c2cc(Br)cc(Br)c2OS(=O)(=O)c2ccccc2)SC(=NCc2ccccc2)N1Cc1ccccc1. The summed E-state index contributed by atoms with van der Waals surface area (Å²) in [6.45, 7) is 0.771. The van der Waals surface area contributed by atoms with E-state index in [1.807, 2.05) is 60.7 Å². The number of hydrogen-bond donors (Lipinski definition) is 0. The van der Waals surface area contributed by atoms with Crippen molar-refractivity contribution in [2.45, 2.75) is 18.0 Å². The van der Waals surface area contributed by atoms with Crippen molar-refractivity contribution in [3.8, 4) is 5.75 Å². The summed E-state index contributed by atoms with van der Waals surface area (Å²) in [6, 6.07) is 30.8. The molecule has 1 aliphatic rings. The molecule has 0 spiro atoms. The smallest absolute Gasteiger partial charge is 0.339 e. The van der Waals surface area contributed by atoms with Gasteiger partial charge in [-0.3, -0.25) is 14.7 Å². The molecule has 6 nitrogen and oxygen atoms in total. The van der Waals surface area contributed by atoms with Crippen molar-refractivity contribution in [1.29, 1.82) is 0 Å². The maximum atomic E-state index is 13.7. The van der Waals surface area contributed by atoms with Crippen LogP contribution < -0.4 is 4.18 Å². The molecule has 5 rings (SSSR count). The minimum absolute atomic E-state index is 0.0270. The maximum absolute atomic E-state index is 13.7. The molecule has 0 atom stereocenters. The third-order valence-electron chi connectivity index (χ3n) is 5.86. The molecule has 0 bridgehead atoms. The summed E-state index contributed by atoms with van der Waals surface area (Å²) >= 11 is 8.14. The average molecular weight is 698 g/mol. The van der Waals surface area contributed by atoms with Crippen LogP contribution in [0, 0.1) is 0 Å². The van der Waals surface area contributed by atoms with Gasteiger partial charge in [0.05, 0.1) is 22.5 Å². The lowest BCUT2D eigenvalue weighted by Gasteiger charge is -2.16. The fourth-order valence-corrected chi connectivity index (χ4v) is 7.34. The number of carbonyl (C=O) groups is 1. The van der Waals surface area contributed by atoms with Gasteiger partial charge in [-0.25, -0.2) is 0 Å². The van der Waals surface area contributed by atoms with Crippen LogP contribution in [0.1, 0.15) is 16.7 Å². The van der Waals surface area contributed by atoms with E-state index in [-0.39, 0.29) is 16.6 Å². The number of aliphatic imine (C=N–C) groups is 1. The summed E-state index contributed by atoms with van der Waals surface area (Å²) in [7, 11) is -4.12. The van der Waals surface area contributed by atoms with E-state index in [9.17, 15) is 13.2 Å². The summed E-state index contributed by atoms with van der Waals surface area (Å²) in [5.41, 5.74) is 2.41. The number of hydrogen-bond acceptors (Lipinski definition) is 6. The van der Waals surface area contributed by atoms with E-state index < -0.39 is 10.1 Å². The van der Waals surface area contributed by atoms with Crippen molar-refractivity contribution in [2.75, 3.05) is 0 Å². The quantitative estimate of drug-likeness (QED) is 0.140. The summed E-state index contributed by atoms with van der Waals surface area (Å²) in [5.74, 6) is -0.147. The lowest BCUT2D eigenvalue weighted by Crippen LogP contribution is -2.28. The van der Waals surface area contributed by atoms with Crippen LogP contribution >= 0.6 is 43.6 Å². The maximum Gasteiger partial charge on any atom is 0.339 e. The van der Waals surface area contributed by atoms with Crippen LogP contribution in [-0.4, -0.2) is 24.4 Å². The van der Waals surface area contributed by atoms with Crippen LogP contribution in [0.25, 0.3) is 6.08 Å². The van der Waals surface area contributed by atoms with Crippen molar-refractivity contribution < 1.29 is 17.4 Å². The summed E-state index contributed by atoms with van der Waals surface area (Å²) in [4.78, 5) is 20.5. The van der Waals surface area contributed by atoms with Gasteiger partial charge in [0.25, 0.3) is 5.91 Å².